The maximum absolute atomic E-state index is 9.99. The molecule has 0 aromatic heterocycles. The molecule has 0 unspecified atom stereocenters. The summed E-state index contributed by atoms with van der Waals surface area (Å²) < 4.78 is 5.47. The second kappa shape index (κ2) is 7.84. The summed E-state index contributed by atoms with van der Waals surface area (Å²) >= 11 is 0. The van der Waals surface area contributed by atoms with Gasteiger partial charge in [0.2, 0.25) is 0 Å². The highest BCUT2D eigenvalue weighted by molar-refractivity contribution is 5.34. The lowest BCUT2D eigenvalue weighted by atomic mass is 9.67. The number of hydrogen-bond acceptors (Lipinski definition) is 2. The van der Waals surface area contributed by atoms with Gasteiger partial charge in [-0.3, -0.25) is 0 Å². The Labute approximate surface area is 129 Å². The van der Waals surface area contributed by atoms with Gasteiger partial charge in [0, 0.05) is 6.61 Å². The molecule has 1 aliphatic rings. The van der Waals surface area contributed by atoms with Crippen LogP contribution in [-0.4, -0.2) is 18.8 Å². The zero-order valence-corrected chi connectivity index (χ0v) is 13.6. The van der Waals surface area contributed by atoms with Crippen LogP contribution in [0.15, 0.2) is 24.3 Å². The number of para-hydroxylation sites is 1. The Morgan fingerprint density at radius 1 is 1.24 bits per heavy atom. The predicted octanol–water partition coefficient (Wildman–Crippen LogP) is 4.60. The summed E-state index contributed by atoms with van der Waals surface area (Å²) in [7, 11) is 1.73. The summed E-state index contributed by atoms with van der Waals surface area (Å²) in [4.78, 5) is 0. The van der Waals surface area contributed by atoms with Gasteiger partial charge in [0.1, 0.15) is 5.75 Å². The van der Waals surface area contributed by atoms with Gasteiger partial charge in [-0.25, -0.2) is 0 Å². The van der Waals surface area contributed by atoms with E-state index >= 15 is 0 Å². The van der Waals surface area contributed by atoms with Gasteiger partial charge in [-0.05, 0) is 55.1 Å². The van der Waals surface area contributed by atoms with E-state index in [1.165, 1.54) is 37.7 Å². The van der Waals surface area contributed by atoms with E-state index in [0.29, 0.717) is 6.61 Å². The zero-order valence-electron chi connectivity index (χ0n) is 13.6. The monoisotopic (exact) mass is 290 g/mol. The highest BCUT2D eigenvalue weighted by atomic mass is 16.5. The minimum Gasteiger partial charge on any atom is -0.496 e. The smallest absolute Gasteiger partial charge is 0.122 e. The van der Waals surface area contributed by atoms with E-state index in [1.807, 2.05) is 12.1 Å². The lowest BCUT2D eigenvalue weighted by molar-refractivity contribution is 0.0615. The molecule has 2 heteroatoms. The molecular formula is C19H30O2. The van der Waals surface area contributed by atoms with Gasteiger partial charge in [-0.15, -0.1) is 0 Å². The third kappa shape index (κ3) is 4.23. The molecule has 21 heavy (non-hydrogen) atoms. The van der Waals surface area contributed by atoms with E-state index in [0.717, 1.165) is 30.9 Å². The Morgan fingerprint density at radius 3 is 2.57 bits per heavy atom. The second-order valence-electron chi connectivity index (χ2n) is 6.73. The van der Waals surface area contributed by atoms with Crippen molar-refractivity contribution in [3.8, 4) is 5.75 Å². The van der Waals surface area contributed by atoms with Crippen molar-refractivity contribution in [2.24, 2.45) is 11.3 Å². The fourth-order valence-corrected chi connectivity index (χ4v) is 3.72. The number of unbranched alkanes of at least 4 members (excludes halogenated alkanes) is 1. The second-order valence-corrected chi connectivity index (χ2v) is 6.73. The van der Waals surface area contributed by atoms with E-state index in [4.69, 9.17) is 4.74 Å². The van der Waals surface area contributed by atoms with Crippen LogP contribution >= 0.6 is 0 Å². The first-order valence-corrected chi connectivity index (χ1v) is 8.46. The van der Waals surface area contributed by atoms with Crippen LogP contribution in [0.5, 0.6) is 5.75 Å². The van der Waals surface area contributed by atoms with Gasteiger partial charge < -0.3 is 9.84 Å². The molecule has 1 aromatic carbocycles. The van der Waals surface area contributed by atoms with E-state index in [9.17, 15) is 5.11 Å². The fraction of sp³-hybridized carbons (Fsp3) is 0.684. The van der Waals surface area contributed by atoms with E-state index in [2.05, 4.69) is 19.1 Å². The molecule has 2 nitrogen and oxygen atoms in total. The number of benzene rings is 1. The maximum Gasteiger partial charge on any atom is 0.122 e. The summed E-state index contributed by atoms with van der Waals surface area (Å²) in [6, 6.07) is 8.23. The number of rotatable bonds is 7. The Morgan fingerprint density at radius 2 is 1.95 bits per heavy atom. The minimum absolute atomic E-state index is 0.0668. The average Bonchev–Trinajstić information content (AvgIpc) is 2.55. The molecule has 0 saturated heterocycles. The van der Waals surface area contributed by atoms with Crippen molar-refractivity contribution in [3.05, 3.63) is 29.8 Å². The third-order valence-electron chi connectivity index (χ3n) is 5.23. The van der Waals surface area contributed by atoms with Crippen LogP contribution in [0.3, 0.4) is 0 Å². The van der Waals surface area contributed by atoms with Crippen LogP contribution in [0, 0.1) is 11.3 Å². The van der Waals surface area contributed by atoms with Gasteiger partial charge in [-0.2, -0.15) is 0 Å². The molecule has 0 heterocycles. The normalized spacial score (nSPS) is 25.8. The van der Waals surface area contributed by atoms with E-state index in [1.54, 1.807) is 7.11 Å². The number of hydrogen-bond donors (Lipinski definition) is 1. The Balaban J connectivity index is 2.00. The third-order valence-corrected chi connectivity index (χ3v) is 5.23. The molecule has 1 aromatic rings. The highest BCUT2D eigenvalue weighted by Crippen LogP contribution is 2.43. The van der Waals surface area contributed by atoms with Crippen LogP contribution in [0.25, 0.3) is 0 Å². The summed E-state index contributed by atoms with van der Waals surface area (Å²) in [6.07, 6.45) is 9.80. The fourth-order valence-electron chi connectivity index (χ4n) is 3.72. The van der Waals surface area contributed by atoms with Crippen LogP contribution in [-0.2, 0) is 6.42 Å². The quantitative estimate of drug-likeness (QED) is 0.795. The Hall–Kier alpha value is -1.02. The Bertz CT molecular complexity index is 419. The van der Waals surface area contributed by atoms with Crippen molar-refractivity contribution < 1.29 is 9.84 Å². The molecule has 0 radical (unpaired) electrons. The highest BCUT2D eigenvalue weighted by Gasteiger charge is 2.35. The molecular weight excluding hydrogens is 260 g/mol. The predicted molar refractivity (Wildman–Crippen MR) is 87.7 cm³/mol. The molecule has 0 amide bonds. The van der Waals surface area contributed by atoms with Gasteiger partial charge in [0.25, 0.3) is 0 Å². The summed E-state index contributed by atoms with van der Waals surface area (Å²) in [6.45, 7) is 2.56. The molecule has 0 atom stereocenters. The van der Waals surface area contributed by atoms with Crippen LogP contribution < -0.4 is 4.74 Å². The molecule has 2 rings (SSSR count). The largest absolute Gasteiger partial charge is 0.496 e. The molecule has 0 aliphatic heterocycles. The first-order valence-electron chi connectivity index (χ1n) is 8.46. The van der Waals surface area contributed by atoms with Crippen LogP contribution in [0.1, 0.15) is 57.4 Å². The molecule has 0 bridgehead atoms. The Kier molecular flexibility index (Phi) is 6.10. The SMILES string of the molecule is CCCCC1CCC(CO)(Cc2ccccc2OC)CC1. The molecule has 1 aliphatic carbocycles. The molecule has 1 N–H and O–H groups in total. The van der Waals surface area contributed by atoms with Crippen molar-refractivity contribution in [2.75, 3.05) is 13.7 Å². The molecule has 0 spiro atoms. The molecule has 1 fully saturated rings. The van der Waals surface area contributed by atoms with Crippen LogP contribution in [0.4, 0.5) is 0 Å². The van der Waals surface area contributed by atoms with Crippen LogP contribution in [0.2, 0.25) is 0 Å². The zero-order chi connectivity index (χ0) is 15.1. The van der Waals surface area contributed by atoms with Crippen molar-refractivity contribution in [3.63, 3.8) is 0 Å². The summed E-state index contributed by atoms with van der Waals surface area (Å²) in [5, 5.41) is 9.99. The number of aliphatic hydroxyl groups excluding tert-OH is 1. The lowest BCUT2D eigenvalue weighted by Crippen LogP contribution is -2.33. The maximum atomic E-state index is 9.99. The lowest BCUT2D eigenvalue weighted by Gasteiger charge is -2.39. The van der Waals surface area contributed by atoms with Crippen molar-refractivity contribution in [2.45, 2.75) is 58.3 Å². The number of aliphatic hydroxyl groups is 1. The van der Waals surface area contributed by atoms with E-state index in [-0.39, 0.29) is 5.41 Å². The van der Waals surface area contributed by atoms with Gasteiger partial charge in [0.15, 0.2) is 0 Å². The molecule has 1 saturated carbocycles. The van der Waals surface area contributed by atoms with E-state index < -0.39 is 0 Å². The number of ether oxygens (including phenoxy) is 1. The van der Waals surface area contributed by atoms with Crippen molar-refractivity contribution >= 4 is 0 Å². The summed E-state index contributed by atoms with van der Waals surface area (Å²) in [5.74, 6) is 1.83. The van der Waals surface area contributed by atoms with Crippen molar-refractivity contribution in [1.82, 2.24) is 0 Å². The first kappa shape index (κ1) is 16.4. The molecule has 118 valence electrons. The summed E-state index contributed by atoms with van der Waals surface area (Å²) in [5.41, 5.74) is 1.30. The first-order chi connectivity index (χ1) is 10.2. The van der Waals surface area contributed by atoms with Gasteiger partial charge in [0.05, 0.1) is 7.11 Å². The standard InChI is InChI=1S/C19H30O2/c1-3-4-7-16-10-12-19(15-20,13-11-16)14-17-8-5-6-9-18(17)21-2/h5-6,8-9,16,20H,3-4,7,10-15H2,1-2H3. The van der Waals surface area contributed by atoms with Crippen molar-refractivity contribution in [1.29, 1.82) is 0 Å². The van der Waals surface area contributed by atoms with Gasteiger partial charge in [-0.1, -0.05) is 44.4 Å². The topological polar surface area (TPSA) is 29.5 Å². The van der Waals surface area contributed by atoms with Gasteiger partial charge >= 0.3 is 0 Å². The average molecular weight is 290 g/mol. The number of methoxy groups -OCH3 is 1. The minimum atomic E-state index is 0.0668.